The second-order valence-electron chi connectivity index (χ2n) is 8.62. The molecule has 0 spiro atoms. The Morgan fingerprint density at radius 1 is 0.585 bits per heavy atom. The van der Waals surface area contributed by atoms with Crippen LogP contribution in [0.25, 0.3) is 0 Å². The van der Waals surface area contributed by atoms with Crippen LogP contribution >= 0.6 is 0 Å². The number of rotatable bonds is 26. The van der Waals surface area contributed by atoms with Crippen molar-refractivity contribution in [3.05, 3.63) is 0 Å². The fraction of sp³-hybridized carbons (Fsp3) is 0.760. The minimum absolute atomic E-state index is 0.0264. The first-order chi connectivity index (χ1) is 19.6. The molecule has 0 fully saturated rings. The number of nitrogens with one attached hydrogen (secondary N) is 5. The summed E-state index contributed by atoms with van der Waals surface area (Å²) in [5.74, 6) is -3.20. The number of hydrogen-bond donors (Lipinski definition) is 6. The molecule has 236 valence electrons. The lowest BCUT2D eigenvalue weighted by Crippen LogP contribution is -2.38. The smallest absolute Gasteiger partial charge is 0.304 e. The Morgan fingerprint density at radius 2 is 1.05 bits per heavy atom. The van der Waals surface area contributed by atoms with E-state index < -0.39 is 17.8 Å². The van der Waals surface area contributed by atoms with Crippen molar-refractivity contribution < 1.29 is 52.8 Å². The predicted molar refractivity (Wildman–Crippen MR) is 145 cm³/mol. The molecule has 0 saturated carbocycles. The van der Waals surface area contributed by atoms with Gasteiger partial charge in [-0.1, -0.05) is 13.8 Å². The molecule has 0 bridgehead atoms. The van der Waals surface area contributed by atoms with E-state index in [0.717, 1.165) is 0 Å². The molecule has 41 heavy (non-hydrogen) atoms. The molecule has 0 heterocycles. The van der Waals surface area contributed by atoms with E-state index >= 15 is 0 Å². The highest BCUT2D eigenvalue weighted by Crippen LogP contribution is 2.01. The third kappa shape index (κ3) is 25.4. The molecule has 0 aromatic rings. The minimum atomic E-state index is -1.07. The third-order valence-corrected chi connectivity index (χ3v) is 5.02. The molecule has 0 rings (SSSR count). The van der Waals surface area contributed by atoms with Gasteiger partial charge in [-0.3, -0.25) is 28.8 Å². The highest BCUT2D eigenvalue weighted by Gasteiger charge is 2.16. The molecular formula is C25H45N5O11. The van der Waals surface area contributed by atoms with Gasteiger partial charge in [-0.25, -0.2) is 0 Å². The largest absolute Gasteiger partial charge is 0.481 e. The Bertz CT molecular complexity index is 798. The first kappa shape index (κ1) is 37.7. The summed E-state index contributed by atoms with van der Waals surface area (Å²) in [6.07, 6.45) is 0.169. The van der Waals surface area contributed by atoms with Gasteiger partial charge in [0, 0.05) is 51.5 Å². The average Bonchev–Trinajstić information content (AvgIpc) is 2.93. The van der Waals surface area contributed by atoms with Crippen LogP contribution in [0.1, 0.15) is 33.1 Å². The van der Waals surface area contributed by atoms with E-state index in [4.69, 9.17) is 24.1 Å². The third-order valence-electron chi connectivity index (χ3n) is 5.02. The monoisotopic (exact) mass is 591 g/mol. The number of ether oxygens (including phenoxy) is 4. The summed E-state index contributed by atoms with van der Waals surface area (Å²) in [5, 5.41) is 21.7. The van der Waals surface area contributed by atoms with E-state index in [9.17, 15) is 28.8 Å². The number of carbonyl (C=O) groups is 6. The molecule has 0 radical (unpaired) electrons. The van der Waals surface area contributed by atoms with Crippen LogP contribution < -0.4 is 26.6 Å². The van der Waals surface area contributed by atoms with Crippen molar-refractivity contribution in [1.29, 1.82) is 0 Å². The lowest BCUT2D eigenvalue weighted by Gasteiger charge is -2.10. The molecule has 0 aliphatic heterocycles. The standard InChI is InChI=1S/C25H45N5O11/c1-3-20(31)28-8-10-38-12-15-41-18-23(34)29-9-11-39-13-14-40-17-22(33)27-7-6-26-21(32)4-5-30-25(37)19(2)16-24(35)36/h19H,3-18H2,1-2H3,(H,26,32)(H,27,33)(H,28,31)(H,29,34)(H,30,37)(H,35,36). The van der Waals surface area contributed by atoms with Gasteiger partial charge in [0.1, 0.15) is 13.2 Å². The number of carboxylic acids is 1. The van der Waals surface area contributed by atoms with Gasteiger partial charge in [0.15, 0.2) is 0 Å². The SMILES string of the molecule is CCC(=O)NCCOCCOCC(=O)NCCOCCOCC(=O)NCCNC(=O)CCNC(=O)C(C)CC(=O)O. The van der Waals surface area contributed by atoms with Crippen molar-refractivity contribution in [2.45, 2.75) is 33.1 Å². The summed E-state index contributed by atoms with van der Waals surface area (Å²) < 4.78 is 21.0. The highest BCUT2D eigenvalue weighted by molar-refractivity contribution is 5.83. The summed E-state index contributed by atoms with van der Waals surface area (Å²) in [6, 6.07) is 0. The maximum Gasteiger partial charge on any atom is 0.304 e. The van der Waals surface area contributed by atoms with Crippen LogP contribution in [0.2, 0.25) is 0 Å². The molecule has 0 aliphatic rings. The van der Waals surface area contributed by atoms with Crippen LogP contribution in [0.4, 0.5) is 0 Å². The van der Waals surface area contributed by atoms with Gasteiger partial charge in [-0.05, 0) is 0 Å². The Kier molecular flexibility index (Phi) is 23.5. The van der Waals surface area contributed by atoms with Crippen molar-refractivity contribution in [2.24, 2.45) is 5.92 Å². The highest BCUT2D eigenvalue weighted by atomic mass is 16.5. The van der Waals surface area contributed by atoms with Crippen molar-refractivity contribution in [1.82, 2.24) is 26.6 Å². The van der Waals surface area contributed by atoms with Gasteiger partial charge in [-0.2, -0.15) is 0 Å². The molecular weight excluding hydrogens is 546 g/mol. The van der Waals surface area contributed by atoms with E-state index in [2.05, 4.69) is 26.6 Å². The van der Waals surface area contributed by atoms with Gasteiger partial charge in [-0.15, -0.1) is 0 Å². The van der Waals surface area contributed by atoms with Crippen LogP contribution in [0, 0.1) is 5.92 Å². The zero-order valence-electron chi connectivity index (χ0n) is 23.9. The number of aliphatic carboxylic acids is 1. The minimum Gasteiger partial charge on any atom is -0.481 e. The lowest BCUT2D eigenvalue weighted by atomic mass is 10.1. The molecule has 5 amide bonds. The maximum atomic E-state index is 11.7. The lowest BCUT2D eigenvalue weighted by molar-refractivity contribution is -0.140. The topological polar surface area (TPSA) is 220 Å². The second-order valence-corrected chi connectivity index (χ2v) is 8.62. The number of amides is 5. The summed E-state index contributed by atoms with van der Waals surface area (Å²) in [6.45, 7) is 5.79. The molecule has 0 saturated heterocycles. The van der Waals surface area contributed by atoms with Crippen LogP contribution in [0.3, 0.4) is 0 Å². The normalized spacial score (nSPS) is 11.3. The van der Waals surface area contributed by atoms with Gasteiger partial charge in [0.25, 0.3) is 0 Å². The molecule has 16 heteroatoms. The summed E-state index contributed by atoms with van der Waals surface area (Å²) in [7, 11) is 0. The molecule has 0 aliphatic carbocycles. The number of carbonyl (C=O) groups excluding carboxylic acids is 5. The first-order valence-corrected chi connectivity index (χ1v) is 13.5. The molecule has 0 aromatic carbocycles. The van der Waals surface area contributed by atoms with E-state index in [-0.39, 0.29) is 102 Å². The van der Waals surface area contributed by atoms with E-state index in [1.807, 2.05) is 0 Å². The molecule has 1 unspecified atom stereocenters. The Labute approximate surface area is 239 Å². The van der Waals surface area contributed by atoms with Crippen LogP contribution in [-0.2, 0) is 47.7 Å². The Balaban J connectivity index is 3.49. The van der Waals surface area contributed by atoms with Gasteiger partial charge in [0.05, 0.1) is 46.1 Å². The van der Waals surface area contributed by atoms with Crippen molar-refractivity contribution >= 4 is 35.5 Å². The maximum absolute atomic E-state index is 11.7. The average molecular weight is 592 g/mol. The van der Waals surface area contributed by atoms with Gasteiger partial charge in [0.2, 0.25) is 29.5 Å². The van der Waals surface area contributed by atoms with Crippen LogP contribution in [-0.4, -0.2) is 126 Å². The van der Waals surface area contributed by atoms with Gasteiger partial charge < -0.3 is 50.6 Å². The zero-order chi connectivity index (χ0) is 30.7. The molecule has 0 aromatic heterocycles. The van der Waals surface area contributed by atoms with E-state index in [1.54, 1.807) is 6.92 Å². The van der Waals surface area contributed by atoms with Gasteiger partial charge >= 0.3 is 5.97 Å². The quantitative estimate of drug-likeness (QED) is 0.0580. The fourth-order valence-electron chi connectivity index (χ4n) is 2.84. The van der Waals surface area contributed by atoms with Crippen molar-refractivity contribution in [3.8, 4) is 0 Å². The van der Waals surface area contributed by atoms with Crippen molar-refractivity contribution in [2.75, 3.05) is 85.6 Å². The second kappa shape index (κ2) is 25.6. The predicted octanol–water partition coefficient (Wildman–Crippen LogP) is -2.46. The zero-order valence-corrected chi connectivity index (χ0v) is 23.9. The van der Waals surface area contributed by atoms with Crippen LogP contribution in [0.15, 0.2) is 0 Å². The molecule has 6 N–H and O–H groups in total. The molecule has 1 atom stereocenters. The van der Waals surface area contributed by atoms with Crippen molar-refractivity contribution in [3.63, 3.8) is 0 Å². The first-order valence-electron chi connectivity index (χ1n) is 13.5. The van der Waals surface area contributed by atoms with E-state index in [0.29, 0.717) is 26.2 Å². The summed E-state index contributed by atoms with van der Waals surface area (Å²) in [5.41, 5.74) is 0. The fourth-order valence-corrected chi connectivity index (χ4v) is 2.84. The Hall–Kier alpha value is -3.34. The summed E-state index contributed by atoms with van der Waals surface area (Å²) in [4.78, 5) is 68.5. The van der Waals surface area contributed by atoms with E-state index in [1.165, 1.54) is 6.92 Å². The van der Waals surface area contributed by atoms with Crippen LogP contribution in [0.5, 0.6) is 0 Å². The number of hydrogen-bond acceptors (Lipinski definition) is 10. The molecule has 16 nitrogen and oxygen atoms in total. The Morgan fingerprint density at radius 3 is 1.56 bits per heavy atom. The number of carboxylic acid groups (broad SMARTS) is 1. The summed E-state index contributed by atoms with van der Waals surface area (Å²) >= 11 is 0.